The van der Waals surface area contributed by atoms with Gasteiger partial charge in [-0.1, -0.05) is 6.42 Å². The quantitative estimate of drug-likeness (QED) is 0.732. The van der Waals surface area contributed by atoms with Crippen molar-refractivity contribution in [2.24, 2.45) is 5.92 Å². The number of piperidine rings is 2. The summed E-state index contributed by atoms with van der Waals surface area (Å²) in [7, 11) is 2.25. The summed E-state index contributed by atoms with van der Waals surface area (Å²) in [5.74, 6) is 0.884. The van der Waals surface area contributed by atoms with Crippen LogP contribution in [0.2, 0.25) is 0 Å². The first kappa shape index (κ1) is 13.3. The van der Waals surface area contributed by atoms with Gasteiger partial charge in [-0.05, 0) is 64.8 Å². The van der Waals surface area contributed by atoms with Crippen molar-refractivity contribution in [1.29, 1.82) is 0 Å². The van der Waals surface area contributed by atoms with Crippen molar-refractivity contribution >= 4 is 0 Å². The molecule has 0 aliphatic carbocycles. The Morgan fingerprint density at radius 1 is 1.06 bits per heavy atom. The molecule has 2 fully saturated rings. The van der Waals surface area contributed by atoms with Crippen LogP contribution in [0.15, 0.2) is 0 Å². The maximum absolute atomic E-state index is 3.65. The molecule has 17 heavy (non-hydrogen) atoms. The molecule has 1 atom stereocenters. The van der Waals surface area contributed by atoms with Crippen LogP contribution in [0, 0.1) is 5.92 Å². The van der Waals surface area contributed by atoms with Gasteiger partial charge in [0.2, 0.25) is 0 Å². The average molecular weight is 239 g/mol. The zero-order chi connectivity index (χ0) is 11.9. The molecule has 2 aliphatic heterocycles. The van der Waals surface area contributed by atoms with Crippen molar-refractivity contribution in [2.45, 2.75) is 32.1 Å². The van der Waals surface area contributed by atoms with Crippen LogP contribution in [-0.4, -0.2) is 62.7 Å². The van der Waals surface area contributed by atoms with Crippen LogP contribution >= 0.6 is 0 Å². The molecular formula is C14H29N3. The highest BCUT2D eigenvalue weighted by Gasteiger charge is 2.16. The molecule has 0 amide bonds. The molecule has 1 N–H and O–H groups in total. The van der Waals surface area contributed by atoms with Crippen molar-refractivity contribution in [3.63, 3.8) is 0 Å². The molecular weight excluding hydrogens is 210 g/mol. The van der Waals surface area contributed by atoms with Gasteiger partial charge in [0.25, 0.3) is 0 Å². The molecule has 3 nitrogen and oxygen atoms in total. The van der Waals surface area contributed by atoms with Crippen LogP contribution in [0.4, 0.5) is 0 Å². The number of nitrogens with one attached hydrogen (secondary N) is 1. The van der Waals surface area contributed by atoms with E-state index in [0.717, 1.165) is 5.92 Å². The van der Waals surface area contributed by atoms with Gasteiger partial charge in [-0.2, -0.15) is 0 Å². The van der Waals surface area contributed by atoms with Gasteiger partial charge in [-0.3, -0.25) is 0 Å². The molecule has 0 aromatic heterocycles. The number of nitrogens with zero attached hydrogens (tertiary/aromatic N) is 2. The predicted octanol–water partition coefficient (Wildman–Crippen LogP) is 1.40. The molecule has 0 spiro atoms. The van der Waals surface area contributed by atoms with Gasteiger partial charge < -0.3 is 15.1 Å². The van der Waals surface area contributed by atoms with Crippen LogP contribution in [-0.2, 0) is 0 Å². The molecule has 2 rings (SSSR count). The predicted molar refractivity (Wildman–Crippen MR) is 73.4 cm³/mol. The standard InChI is InChI=1S/C14H29N3/c1-16-8-5-6-14(13-16)12-15-7-11-17-9-3-2-4-10-17/h14-15H,2-13H2,1H3. The largest absolute Gasteiger partial charge is 0.315 e. The maximum atomic E-state index is 3.65. The van der Waals surface area contributed by atoms with Gasteiger partial charge in [0.15, 0.2) is 0 Å². The summed E-state index contributed by atoms with van der Waals surface area (Å²) in [5.41, 5.74) is 0. The third-order valence-corrected chi connectivity index (χ3v) is 4.21. The Morgan fingerprint density at radius 2 is 1.88 bits per heavy atom. The third-order valence-electron chi connectivity index (χ3n) is 4.21. The van der Waals surface area contributed by atoms with E-state index in [1.165, 1.54) is 77.9 Å². The third kappa shape index (κ3) is 4.94. The van der Waals surface area contributed by atoms with Crippen molar-refractivity contribution in [3.8, 4) is 0 Å². The van der Waals surface area contributed by atoms with Crippen LogP contribution in [0.3, 0.4) is 0 Å². The molecule has 3 heteroatoms. The average Bonchev–Trinajstić information content (AvgIpc) is 2.36. The molecule has 0 aromatic rings. The Morgan fingerprint density at radius 3 is 2.65 bits per heavy atom. The van der Waals surface area contributed by atoms with Crippen LogP contribution < -0.4 is 5.32 Å². The van der Waals surface area contributed by atoms with Crippen molar-refractivity contribution in [2.75, 3.05) is 52.9 Å². The van der Waals surface area contributed by atoms with E-state index in [0.29, 0.717) is 0 Å². The summed E-state index contributed by atoms with van der Waals surface area (Å²) in [5, 5.41) is 3.65. The lowest BCUT2D eigenvalue weighted by molar-refractivity contribution is 0.199. The Balaban J connectivity index is 1.50. The number of likely N-dealkylation sites (tertiary alicyclic amines) is 2. The lowest BCUT2D eigenvalue weighted by atomic mass is 9.98. The van der Waals surface area contributed by atoms with E-state index >= 15 is 0 Å². The Labute approximate surface area is 107 Å². The highest BCUT2D eigenvalue weighted by atomic mass is 15.1. The zero-order valence-electron chi connectivity index (χ0n) is 11.5. The molecule has 2 aliphatic rings. The van der Waals surface area contributed by atoms with Gasteiger partial charge >= 0.3 is 0 Å². The molecule has 0 saturated carbocycles. The number of hydrogen-bond donors (Lipinski definition) is 1. The molecule has 0 radical (unpaired) electrons. The van der Waals surface area contributed by atoms with E-state index < -0.39 is 0 Å². The Kier molecular flexibility index (Phi) is 5.75. The fraction of sp³-hybridized carbons (Fsp3) is 1.00. The lowest BCUT2D eigenvalue weighted by Crippen LogP contribution is -2.40. The van der Waals surface area contributed by atoms with Gasteiger partial charge in [0.05, 0.1) is 0 Å². The van der Waals surface area contributed by atoms with E-state index in [1.54, 1.807) is 0 Å². The second kappa shape index (κ2) is 7.34. The summed E-state index contributed by atoms with van der Waals surface area (Å²) < 4.78 is 0. The fourth-order valence-corrected chi connectivity index (χ4v) is 3.17. The summed E-state index contributed by atoms with van der Waals surface area (Å²) in [6.45, 7) is 8.89. The van der Waals surface area contributed by atoms with Gasteiger partial charge in [0, 0.05) is 19.6 Å². The first-order valence-electron chi connectivity index (χ1n) is 7.46. The van der Waals surface area contributed by atoms with Crippen LogP contribution in [0.1, 0.15) is 32.1 Å². The van der Waals surface area contributed by atoms with Gasteiger partial charge in [-0.15, -0.1) is 0 Å². The van der Waals surface area contributed by atoms with E-state index in [2.05, 4.69) is 22.2 Å². The minimum Gasteiger partial charge on any atom is -0.315 e. The van der Waals surface area contributed by atoms with Crippen LogP contribution in [0.25, 0.3) is 0 Å². The molecule has 2 saturated heterocycles. The monoisotopic (exact) mass is 239 g/mol. The topological polar surface area (TPSA) is 18.5 Å². The lowest BCUT2D eigenvalue weighted by Gasteiger charge is -2.30. The van der Waals surface area contributed by atoms with Crippen LogP contribution in [0.5, 0.6) is 0 Å². The molecule has 0 bridgehead atoms. The van der Waals surface area contributed by atoms with E-state index in [4.69, 9.17) is 0 Å². The fourth-order valence-electron chi connectivity index (χ4n) is 3.17. The molecule has 1 unspecified atom stereocenters. The van der Waals surface area contributed by atoms with Gasteiger partial charge in [0.1, 0.15) is 0 Å². The summed E-state index contributed by atoms with van der Waals surface area (Å²) in [6.07, 6.45) is 7.06. The minimum absolute atomic E-state index is 0.884. The summed E-state index contributed by atoms with van der Waals surface area (Å²) in [4.78, 5) is 5.09. The number of hydrogen-bond acceptors (Lipinski definition) is 3. The second-order valence-corrected chi connectivity index (χ2v) is 5.88. The van der Waals surface area contributed by atoms with E-state index in [9.17, 15) is 0 Å². The van der Waals surface area contributed by atoms with Gasteiger partial charge in [-0.25, -0.2) is 0 Å². The SMILES string of the molecule is CN1CCCC(CNCCN2CCCCC2)C1. The molecule has 0 aromatic carbocycles. The first-order valence-corrected chi connectivity index (χ1v) is 7.46. The Hall–Kier alpha value is -0.120. The summed E-state index contributed by atoms with van der Waals surface area (Å²) in [6, 6.07) is 0. The van der Waals surface area contributed by atoms with E-state index in [1.807, 2.05) is 0 Å². The molecule has 100 valence electrons. The zero-order valence-corrected chi connectivity index (χ0v) is 11.5. The van der Waals surface area contributed by atoms with Crippen molar-refractivity contribution in [1.82, 2.24) is 15.1 Å². The number of rotatable bonds is 5. The highest BCUT2D eigenvalue weighted by molar-refractivity contribution is 4.73. The normalized spacial score (nSPS) is 28.4. The Bertz CT molecular complexity index is 202. The highest BCUT2D eigenvalue weighted by Crippen LogP contribution is 2.13. The second-order valence-electron chi connectivity index (χ2n) is 5.88. The van der Waals surface area contributed by atoms with E-state index in [-0.39, 0.29) is 0 Å². The molecule has 2 heterocycles. The smallest absolute Gasteiger partial charge is 0.0107 e. The first-order chi connectivity index (χ1) is 8.34. The summed E-state index contributed by atoms with van der Waals surface area (Å²) >= 11 is 0. The van der Waals surface area contributed by atoms with Crippen molar-refractivity contribution < 1.29 is 0 Å². The van der Waals surface area contributed by atoms with Crippen molar-refractivity contribution in [3.05, 3.63) is 0 Å². The minimum atomic E-state index is 0.884. The maximum Gasteiger partial charge on any atom is 0.0107 e.